The molecule has 74 valence electrons. The zero-order valence-electron chi connectivity index (χ0n) is 8.03. The zero-order chi connectivity index (χ0) is 9.52. The molecule has 1 atom stereocenters. The summed E-state index contributed by atoms with van der Waals surface area (Å²) in [7, 11) is 0. The highest BCUT2D eigenvalue weighted by atomic mass is 32.2. The molecule has 1 fully saturated rings. The summed E-state index contributed by atoms with van der Waals surface area (Å²) >= 11 is 1.87. The molecule has 1 aliphatic heterocycles. The third-order valence-corrected chi connectivity index (χ3v) is 2.81. The Morgan fingerprint density at radius 1 is 1.69 bits per heavy atom. The Bertz CT molecular complexity index is 181. The second kappa shape index (κ2) is 6.25. The van der Waals surface area contributed by atoms with Crippen LogP contribution in [-0.2, 0) is 4.74 Å². The van der Waals surface area contributed by atoms with E-state index in [4.69, 9.17) is 10.00 Å². The quantitative estimate of drug-likeness (QED) is 0.633. The van der Waals surface area contributed by atoms with Crippen molar-refractivity contribution < 1.29 is 4.74 Å². The summed E-state index contributed by atoms with van der Waals surface area (Å²) in [4.78, 5) is 2.31. The van der Waals surface area contributed by atoms with Crippen molar-refractivity contribution in [3.05, 3.63) is 0 Å². The molecule has 3 nitrogen and oxygen atoms in total. The maximum Gasteiger partial charge on any atom is 0.156 e. The van der Waals surface area contributed by atoms with Gasteiger partial charge in [0.2, 0.25) is 0 Å². The van der Waals surface area contributed by atoms with E-state index in [1.165, 1.54) is 12.2 Å². The van der Waals surface area contributed by atoms with Gasteiger partial charge in [-0.15, -0.1) is 0 Å². The van der Waals surface area contributed by atoms with Crippen molar-refractivity contribution in [1.82, 2.24) is 4.90 Å². The first-order chi connectivity index (χ1) is 6.36. The van der Waals surface area contributed by atoms with Crippen LogP contribution >= 0.6 is 11.8 Å². The van der Waals surface area contributed by atoms with Crippen molar-refractivity contribution in [2.75, 3.05) is 38.2 Å². The summed E-state index contributed by atoms with van der Waals surface area (Å²) in [5, 5.41) is 8.67. The van der Waals surface area contributed by atoms with Crippen LogP contribution in [0.15, 0.2) is 0 Å². The van der Waals surface area contributed by atoms with Crippen molar-refractivity contribution in [1.29, 1.82) is 5.26 Å². The lowest BCUT2D eigenvalue weighted by molar-refractivity contribution is 0.000799. The van der Waals surface area contributed by atoms with E-state index in [-0.39, 0.29) is 6.10 Å². The molecule has 0 bridgehead atoms. The molecule has 1 aliphatic rings. The van der Waals surface area contributed by atoms with E-state index in [1.54, 1.807) is 0 Å². The topological polar surface area (TPSA) is 36.3 Å². The number of hydrogen-bond donors (Lipinski definition) is 0. The van der Waals surface area contributed by atoms with Gasteiger partial charge in [-0.25, -0.2) is 0 Å². The molecule has 0 aromatic rings. The fourth-order valence-corrected chi connectivity index (χ4v) is 1.83. The molecule has 0 amide bonds. The highest BCUT2D eigenvalue weighted by molar-refractivity contribution is 7.98. The smallest absolute Gasteiger partial charge is 0.156 e. The Morgan fingerprint density at radius 2 is 2.54 bits per heavy atom. The molecular formula is C9H16N2OS. The minimum atomic E-state index is -0.206. The Kier molecular flexibility index (Phi) is 5.21. The number of hydrogen-bond acceptors (Lipinski definition) is 4. The van der Waals surface area contributed by atoms with Crippen LogP contribution in [0.1, 0.15) is 6.42 Å². The predicted octanol–water partition coefficient (Wildman–Crippen LogP) is 0.964. The number of rotatable bonds is 4. The maximum atomic E-state index is 8.67. The van der Waals surface area contributed by atoms with Gasteiger partial charge in [0.05, 0.1) is 12.7 Å². The van der Waals surface area contributed by atoms with E-state index in [1.807, 2.05) is 11.8 Å². The van der Waals surface area contributed by atoms with Crippen LogP contribution in [0.4, 0.5) is 0 Å². The van der Waals surface area contributed by atoms with E-state index in [0.717, 1.165) is 19.6 Å². The van der Waals surface area contributed by atoms with Gasteiger partial charge in [0, 0.05) is 13.1 Å². The Labute approximate surface area is 84.0 Å². The average Bonchev–Trinajstić information content (AvgIpc) is 2.19. The third-order valence-electron chi connectivity index (χ3n) is 2.12. The average molecular weight is 200 g/mol. The van der Waals surface area contributed by atoms with Crippen molar-refractivity contribution in [2.24, 2.45) is 0 Å². The largest absolute Gasteiger partial charge is 0.361 e. The van der Waals surface area contributed by atoms with E-state index in [9.17, 15) is 0 Å². The monoisotopic (exact) mass is 200 g/mol. The van der Waals surface area contributed by atoms with Crippen molar-refractivity contribution in [3.63, 3.8) is 0 Å². The van der Waals surface area contributed by atoms with E-state index in [0.29, 0.717) is 6.61 Å². The molecule has 4 heteroatoms. The molecule has 0 spiro atoms. The predicted molar refractivity (Wildman–Crippen MR) is 54.8 cm³/mol. The summed E-state index contributed by atoms with van der Waals surface area (Å²) in [6, 6.07) is 2.16. The minimum Gasteiger partial charge on any atom is -0.361 e. The molecule has 13 heavy (non-hydrogen) atoms. The highest BCUT2D eigenvalue weighted by Crippen LogP contribution is 2.06. The second-order valence-electron chi connectivity index (χ2n) is 3.14. The fraction of sp³-hybridized carbons (Fsp3) is 0.889. The first-order valence-electron chi connectivity index (χ1n) is 4.59. The van der Waals surface area contributed by atoms with Crippen LogP contribution in [0.25, 0.3) is 0 Å². The molecule has 0 radical (unpaired) electrons. The van der Waals surface area contributed by atoms with E-state index >= 15 is 0 Å². The molecule has 1 saturated heterocycles. The fourth-order valence-electron chi connectivity index (χ4n) is 1.42. The number of ether oxygens (including phenoxy) is 1. The van der Waals surface area contributed by atoms with Crippen molar-refractivity contribution in [3.8, 4) is 6.07 Å². The van der Waals surface area contributed by atoms with Gasteiger partial charge >= 0.3 is 0 Å². The van der Waals surface area contributed by atoms with Crippen LogP contribution in [0, 0.1) is 11.3 Å². The lowest BCUT2D eigenvalue weighted by Gasteiger charge is -2.29. The molecule has 0 N–H and O–H groups in total. The van der Waals surface area contributed by atoms with E-state index in [2.05, 4.69) is 17.2 Å². The molecule has 1 unspecified atom stereocenters. The first-order valence-corrected chi connectivity index (χ1v) is 5.98. The first kappa shape index (κ1) is 10.8. The van der Waals surface area contributed by atoms with Gasteiger partial charge < -0.3 is 4.74 Å². The van der Waals surface area contributed by atoms with Gasteiger partial charge in [0.25, 0.3) is 0 Å². The SMILES string of the molecule is CSCCCN1CCOC(C#N)C1. The molecule has 0 aromatic heterocycles. The normalized spacial score (nSPS) is 24.2. The zero-order valence-corrected chi connectivity index (χ0v) is 8.85. The molecule has 0 aliphatic carbocycles. The molecule has 0 aromatic carbocycles. The van der Waals surface area contributed by atoms with Gasteiger partial charge in [0.15, 0.2) is 6.10 Å². The minimum absolute atomic E-state index is 0.206. The van der Waals surface area contributed by atoms with Gasteiger partial charge in [-0.3, -0.25) is 4.90 Å². The second-order valence-corrected chi connectivity index (χ2v) is 4.12. The Morgan fingerprint density at radius 3 is 3.23 bits per heavy atom. The lowest BCUT2D eigenvalue weighted by atomic mass is 10.3. The van der Waals surface area contributed by atoms with Crippen LogP contribution in [0.5, 0.6) is 0 Å². The standard InChI is InChI=1S/C9H16N2OS/c1-13-6-2-3-11-4-5-12-9(7-10)8-11/h9H,2-6,8H2,1H3. The van der Waals surface area contributed by atoms with Gasteiger partial charge in [-0.2, -0.15) is 17.0 Å². The Hall–Kier alpha value is -0.240. The highest BCUT2D eigenvalue weighted by Gasteiger charge is 2.18. The summed E-state index contributed by atoms with van der Waals surface area (Å²) in [6.07, 6.45) is 3.12. The molecule has 0 saturated carbocycles. The summed E-state index contributed by atoms with van der Waals surface area (Å²) < 4.78 is 5.26. The van der Waals surface area contributed by atoms with Crippen LogP contribution < -0.4 is 0 Å². The molecular weight excluding hydrogens is 184 g/mol. The third kappa shape index (κ3) is 3.99. The number of nitriles is 1. The number of morpholine rings is 1. The summed E-state index contributed by atoms with van der Waals surface area (Å²) in [5.74, 6) is 1.20. The van der Waals surface area contributed by atoms with Crippen molar-refractivity contribution in [2.45, 2.75) is 12.5 Å². The number of thioether (sulfide) groups is 1. The maximum absolute atomic E-state index is 8.67. The summed E-state index contributed by atoms with van der Waals surface area (Å²) in [5.41, 5.74) is 0. The van der Waals surface area contributed by atoms with Crippen LogP contribution in [0.3, 0.4) is 0 Å². The van der Waals surface area contributed by atoms with Gasteiger partial charge in [-0.05, 0) is 25.0 Å². The lowest BCUT2D eigenvalue weighted by Crippen LogP contribution is -2.42. The number of nitrogens with zero attached hydrogens (tertiary/aromatic N) is 2. The molecule has 1 rings (SSSR count). The Balaban J connectivity index is 2.15. The van der Waals surface area contributed by atoms with Crippen molar-refractivity contribution >= 4 is 11.8 Å². The van der Waals surface area contributed by atoms with Gasteiger partial charge in [0.1, 0.15) is 0 Å². The van der Waals surface area contributed by atoms with Gasteiger partial charge in [-0.1, -0.05) is 0 Å². The van der Waals surface area contributed by atoms with E-state index < -0.39 is 0 Å². The summed E-state index contributed by atoms with van der Waals surface area (Å²) in [6.45, 7) is 3.57. The van der Waals surface area contributed by atoms with Crippen LogP contribution in [0.2, 0.25) is 0 Å². The van der Waals surface area contributed by atoms with Crippen LogP contribution in [-0.4, -0.2) is 49.3 Å². The molecule has 1 heterocycles.